The van der Waals surface area contributed by atoms with Crippen molar-refractivity contribution < 1.29 is 13.6 Å². The van der Waals surface area contributed by atoms with Gasteiger partial charge < -0.3 is 9.11 Å². The zero-order valence-corrected chi connectivity index (χ0v) is 15.5. The predicted molar refractivity (Wildman–Crippen MR) is 88.1 cm³/mol. The Balaban J connectivity index is 2.05. The molecule has 0 aromatic heterocycles. The molecule has 122 valence electrons. The van der Waals surface area contributed by atoms with E-state index in [1.807, 2.05) is 0 Å². The largest absolute Gasteiger partial charge is 0.368 e. The maximum Gasteiger partial charge on any atom is 0.226 e. The monoisotopic (exact) mass is 332 g/mol. The third-order valence-corrected chi connectivity index (χ3v) is 8.99. The van der Waals surface area contributed by atoms with E-state index in [1.165, 1.54) is 19.3 Å². The quantitative estimate of drug-likeness (QED) is 0.554. The van der Waals surface area contributed by atoms with Crippen LogP contribution >= 0.6 is 7.37 Å². The summed E-state index contributed by atoms with van der Waals surface area (Å²) in [5, 5.41) is 0. The van der Waals surface area contributed by atoms with E-state index in [0.29, 0.717) is 19.0 Å². The van der Waals surface area contributed by atoms with E-state index in [-0.39, 0.29) is 5.91 Å². The Labute approximate surface area is 129 Å². The second kappa shape index (κ2) is 6.94. The Bertz CT molecular complexity index is 419. The fourth-order valence-electron chi connectivity index (χ4n) is 3.12. The van der Waals surface area contributed by atoms with Crippen LogP contribution in [-0.4, -0.2) is 56.2 Å². The van der Waals surface area contributed by atoms with E-state index >= 15 is 0 Å². The van der Waals surface area contributed by atoms with Gasteiger partial charge in [-0.05, 0) is 52.0 Å². The van der Waals surface area contributed by atoms with Crippen molar-refractivity contribution in [2.24, 2.45) is 0 Å². The van der Waals surface area contributed by atoms with E-state index in [0.717, 1.165) is 26.1 Å². The molecule has 7 heteroatoms. The van der Waals surface area contributed by atoms with E-state index in [1.54, 1.807) is 4.90 Å². The van der Waals surface area contributed by atoms with Gasteiger partial charge in [0.05, 0.1) is 12.6 Å². The zero-order valence-electron chi connectivity index (χ0n) is 13.6. The Morgan fingerprint density at radius 2 is 1.71 bits per heavy atom. The minimum Gasteiger partial charge on any atom is -0.368 e. The minimum atomic E-state index is -2.80. The SMILES string of the molecule is C[Si](C)(C)OP(=O)(CN1CCCCC1)CN1CCCC1=O. The van der Waals surface area contributed by atoms with Crippen LogP contribution in [0, 0.1) is 0 Å². The molecule has 5 nitrogen and oxygen atoms in total. The van der Waals surface area contributed by atoms with Crippen LogP contribution in [0.3, 0.4) is 0 Å². The molecule has 0 spiro atoms. The Kier molecular flexibility index (Phi) is 5.69. The summed E-state index contributed by atoms with van der Waals surface area (Å²) in [4.78, 5) is 15.9. The summed E-state index contributed by atoms with van der Waals surface area (Å²) in [5.41, 5.74) is 0. The standard InChI is InChI=1S/C14H29N2O3PSi/c1-21(2,3)19-20(18,12-15-9-5-4-6-10-15)13-16-11-7-8-14(16)17/h4-13H2,1-3H3. The molecule has 0 N–H and O–H groups in total. The number of carbonyl (C=O) groups excluding carboxylic acids is 1. The second-order valence-electron chi connectivity index (χ2n) is 7.24. The van der Waals surface area contributed by atoms with Crippen LogP contribution in [0.25, 0.3) is 0 Å². The molecule has 2 aliphatic heterocycles. The van der Waals surface area contributed by atoms with Gasteiger partial charge in [-0.15, -0.1) is 0 Å². The van der Waals surface area contributed by atoms with Crippen LogP contribution in [-0.2, 0) is 13.6 Å². The van der Waals surface area contributed by atoms with E-state index < -0.39 is 15.7 Å². The van der Waals surface area contributed by atoms with Crippen molar-refractivity contribution in [3.63, 3.8) is 0 Å². The number of nitrogens with zero attached hydrogens (tertiary/aromatic N) is 2. The molecule has 0 bridgehead atoms. The van der Waals surface area contributed by atoms with Crippen LogP contribution in [0.15, 0.2) is 0 Å². The van der Waals surface area contributed by atoms with Gasteiger partial charge in [0, 0.05) is 13.0 Å². The number of rotatable bonds is 6. The Hall–Kier alpha value is -0.163. The van der Waals surface area contributed by atoms with Crippen LogP contribution < -0.4 is 0 Å². The first-order valence-electron chi connectivity index (χ1n) is 8.06. The highest BCUT2D eigenvalue weighted by molar-refractivity contribution is 7.60. The fourth-order valence-corrected chi connectivity index (χ4v) is 9.38. The molecule has 1 atom stereocenters. The Morgan fingerprint density at radius 1 is 1.05 bits per heavy atom. The number of hydrogen-bond donors (Lipinski definition) is 0. The molecular weight excluding hydrogens is 303 g/mol. The predicted octanol–water partition coefficient (Wildman–Crippen LogP) is 3.14. The van der Waals surface area contributed by atoms with Gasteiger partial charge in [0.15, 0.2) is 8.32 Å². The van der Waals surface area contributed by atoms with Crippen molar-refractivity contribution in [1.29, 1.82) is 0 Å². The molecule has 2 saturated heterocycles. The van der Waals surface area contributed by atoms with Crippen LogP contribution in [0.2, 0.25) is 19.6 Å². The molecule has 0 aromatic carbocycles. The van der Waals surface area contributed by atoms with E-state index in [2.05, 4.69) is 24.5 Å². The number of likely N-dealkylation sites (tertiary alicyclic amines) is 2. The van der Waals surface area contributed by atoms with E-state index in [9.17, 15) is 9.36 Å². The lowest BCUT2D eigenvalue weighted by Gasteiger charge is -2.35. The second-order valence-corrected chi connectivity index (χ2v) is 14.4. The molecule has 1 unspecified atom stereocenters. The molecule has 2 fully saturated rings. The van der Waals surface area contributed by atoms with Gasteiger partial charge in [-0.25, -0.2) is 0 Å². The average Bonchev–Trinajstić information content (AvgIpc) is 2.73. The highest BCUT2D eigenvalue weighted by Crippen LogP contribution is 2.51. The first kappa shape index (κ1) is 17.2. The number of hydrogen-bond acceptors (Lipinski definition) is 4. The fraction of sp³-hybridized carbons (Fsp3) is 0.929. The third-order valence-electron chi connectivity index (χ3n) is 3.86. The van der Waals surface area contributed by atoms with Gasteiger partial charge in [-0.2, -0.15) is 0 Å². The molecule has 0 saturated carbocycles. The van der Waals surface area contributed by atoms with Gasteiger partial charge >= 0.3 is 0 Å². The number of amides is 1. The lowest BCUT2D eigenvalue weighted by atomic mass is 10.1. The average molecular weight is 332 g/mol. The van der Waals surface area contributed by atoms with Crippen LogP contribution in [0.1, 0.15) is 32.1 Å². The molecule has 0 aromatic rings. The summed E-state index contributed by atoms with van der Waals surface area (Å²) in [5.74, 6) is 0.132. The molecule has 2 aliphatic rings. The molecule has 2 heterocycles. The van der Waals surface area contributed by atoms with Gasteiger partial charge in [-0.1, -0.05) is 6.42 Å². The normalized spacial score (nSPS) is 24.3. The number of carbonyl (C=O) groups is 1. The highest BCUT2D eigenvalue weighted by Gasteiger charge is 2.36. The first-order valence-corrected chi connectivity index (χ1v) is 13.5. The highest BCUT2D eigenvalue weighted by atomic mass is 31.2. The summed E-state index contributed by atoms with van der Waals surface area (Å²) in [6, 6.07) is 0. The van der Waals surface area contributed by atoms with Crippen LogP contribution in [0.4, 0.5) is 0 Å². The van der Waals surface area contributed by atoms with Gasteiger partial charge in [0.25, 0.3) is 0 Å². The molecular formula is C14H29N2O3PSi. The lowest BCUT2D eigenvalue weighted by Crippen LogP contribution is -2.37. The first-order chi connectivity index (χ1) is 9.77. The third kappa shape index (κ3) is 5.51. The smallest absolute Gasteiger partial charge is 0.226 e. The van der Waals surface area contributed by atoms with Gasteiger partial charge in [-0.3, -0.25) is 14.3 Å². The topological polar surface area (TPSA) is 49.9 Å². The molecule has 2 rings (SSSR count). The van der Waals surface area contributed by atoms with Crippen molar-refractivity contribution in [3.05, 3.63) is 0 Å². The van der Waals surface area contributed by atoms with Crippen molar-refractivity contribution in [2.75, 3.05) is 32.2 Å². The van der Waals surface area contributed by atoms with E-state index in [4.69, 9.17) is 4.21 Å². The van der Waals surface area contributed by atoms with Gasteiger partial charge in [0.1, 0.15) is 0 Å². The Morgan fingerprint density at radius 3 is 2.24 bits per heavy atom. The summed E-state index contributed by atoms with van der Waals surface area (Å²) in [6.07, 6.45) is 5.92. The van der Waals surface area contributed by atoms with Crippen molar-refractivity contribution >= 4 is 21.6 Å². The summed E-state index contributed by atoms with van der Waals surface area (Å²) >= 11 is 0. The maximum absolute atomic E-state index is 13.4. The molecule has 0 radical (unpaired) electrons. The van der Waals surface area contributed by atoms with Crippen molar-refractivity contribution in [3.8, 4) is 0 Å². The minimum absolute atomic E-state index is 0.132. The lowest BCUT2D eigenvalue weighted by molar-refractivity contribution is -0.127. The van der Waals surface area contributed by atoms with Crippen molar-refractivity contribution in [1.82, 2.24) is 9.80 Å². The number of piperidine rings is 1. The molecule has 1 amide bonds. The summed E-state index contributed by atoms with van der Waals surface area (Å²) < 4.78 is 19.5. The van der Waals surface area contributed by atoms with Gasteiger partial charge in [0.2, 0.25) is 13.3 Å². The summed E-state index contributed by atoms with van der Waals surface area (Å²) in [6.45, 7) is 8.96. The van der Waals surface area contributed by atoms with Crippen LogP contribution in [0.5, 0.6) is 0 Å². The summed E-state index contributed by atoms with van der Waals surface area (Å²) in [7, 11) is -4.70. The van der Waals surface area contributed by atoms with Crippen molar-refractivity contribution in [2.45, 2.75) is 51.7 Å². The zero-order chi connectivity index (χ0) is 15.5. The molecule has 21 heavy (non-hydrogen) atoms. The maximum atomic E-state index is 13.4. The molecule has 0 aliphatic carbocycles.